The summed E-state index contributed by atoms with van der Waals surface area (Å²) in [6.07, 6.45) is 0. The fourth-order valence-corrected chi connectivity index (χ4v) is 4.85. The first-order chi connectivity index (χ1) is 18.2. The Morgan fingerprint density at radius 1 is 1.13 bits per heavy atom. The summed E-state index contributed by atoms with van der Waals surface area (Å²) in [7, 11) is 0. The third-order valence-corrected chi connectivity index (χ3v) is 6.51. The summed E-state index contributed by atoms with van der Waals surface area (Å²) in [5.41, 5.74) is -0.0406. The lowest BCUT2D eigenvalue weighted by Gasteiger charge is -2.33. The number of hydrogen-bond acceptors (Lipinski definition) is 9. The molecule has 0 saturated heterocycles. The average molecular weight is 537 g/mol. The number of nitrogens with zero attached hydrogens (tertiary/aromatic N) is 5. The van der Waals surface area contributed by atoms with Gasteiger partial charge in [-0.2, -0.15) is 4.80 Å². The van der Waals surface area contributed by atoms with Crippen LogP contribution in [0, 0.1) is 6.92 Å². The van der Waals surface area contributed by atoms with Gasteiger partial charge in [-0.05, 0) is 68.6 Å². The number of rotatable bonds is 7. The smallest absolute Gasteiger partial charge is 0.251 e. The molecular formula is C26H28N6O5S. The number of anilines is 1. The molecule has 1 N–H and O–H groups in total. The molecule has 2 amide bonds. The highest BCUT2D eigenvalue weighted by Gasteiger charge is 2.36. The lowest BCUT2D eigenvalue weighted by molar-refractivity contribution is -0.128. The minimum atomic E-state index is -0.944. The van der Waals surface area contributed by atoms with Gasteiger partial charge in [0.15, 0.2) is 17.3 Å². The van der Waals surface area contributed by atoms with E-state index in [-0.39, 0.29) is 18.3 Å². The zero-order valence-corrected chi connectivity index (χ0v) is 22.3. The number of thiophene rings is 1. The van der Waals surface area contributed by atoms with Crippen LogP contribution in [0.25, 0.3) is 11.6 Å². The number of aryl methyl sites for hydroxylation is 1. The summed E-state index contributed by atoms with van der Waals surface area (Å²) in [5.74, 6) is 1.77. The number of furan rings is 1. The van der Waals surface area contributed by atoms with E-state index in [1.807, 2.05) is 45.2 Å². The van der Waals surface area contributed by atoms with Crippen molar-refractivity contribution in [2.75, 3.05) is 18.1 Å². The van der Waals surface area contributed by atoms with Crippen molar-refractivity contribution < 1.29 is 23.5 Å². The summed E-state index contributed by atoms with van der Waals surface area (Å²) in [6, 6.07) is 11.5. The second-order valence-corrected chi connectivity index (χ2v) is 10.8. The Kier molecular flexibility index (Phi) is 6.89. The molecule has 0 bridgehead atoms. The van der Waals surface area contributed by atoms with Gasteiger partial charge in [-0.1, -0.05) is 6.07 Å². The van der Waals surface area contributed by atoms with Crippen LogP contribution in [0.3, 0.4) is 0 Å². The third-order valence-electron chi connectivity index (χ3n) is 5.58. The minimum Gasteiger partial charge on any atom is -0.486 e. The van der Waals surface area contributed by atoms with E-state index in [1.165, 1.54) is 21.0 Å². The van der Waals surface area contributed by atoms with Gasteiger partial charge < -0.3 is 19.2 Å². The van der Waals surface area contributed by atoms with Crippen LogP contribution in [0.15, 0.2) is 52.3 Å². The molecule has 1 atom stereocenters. The largest absolute Gasteiger partial charge is 0.486 e. The number of nitrogens with one attached hydrogen (secondary N) is 1. The summed E-state index contributed by atoms with van der Waals surface area (Å²) >= 11 is 1.39. The van der Waals surface area contributed by atoms with Gasteiger partial charge in [0.25, 0.3) is 5.91 Å². The molecule has 4 heterocycles. The SMILES string of the molecule is Cc1ccc(-c2nnn(CC(=O)N(c3ccc4c(c3)OCCO4)[C@H](C(=O)NC(C)(C)C)c3cccs3)n2)o1. The van der Waals surface area contributed by atoms with E-state index in [0.29, 0.717) is 46.8 Å². The van der Waals surface area contributed by atoms with Crippen molar-refractivity contribution in [1.82, 2.24) is 25.5 Å². The van der Waals surface area contributed by atoms with Gasteiger partial charge in [-0.3, -0.25) is 14.5 Å². The first-order valence-corrected chi connectivity index (χ1v) is 13.0. The number of aromatic nitrogens is 4. The van der Waals surface area contributed by atoms with E-state index in [2.05, 4.69) is 20.7 Å². The molecule has 198 valence electrons. The Labute approximate surface area is 223 Å². The van der Waals surface area contributed by atoms with Crippen molar-refractivity contribution in [3.05, 3.63) is 58.5 Å². The van der Waals surface area contributed by atoms with Gasteiger partial charge in [0, 0.05) is 22.2 Å². The Morgan fingerprint density at radius 3 is 2.61 bits per heavy atom. The van der Waals surface area contributed by atoms with Crippen LogP contribution in [-0.2, 0) is 16.1 Å². The number of carbonyl (C=O) groups is 2. The minimum absolute atomic E-state index is 0.258. The summed E-state index contributed by atoms with van der Waals surface area (Å²) in [4.78, 5) is 31.0. The van der Waals surface area contributed by atoms with Crippen molar-refractivity contribution in [1.29, 1.82) is 0 Å². The van der Waals surface area contributed by atoms with Crippen LogP contribution >= 0.6 is 11.3 Å². The number of benzene rings is 1. The molecule has 0 spiro atoms. The van der Waals surface area contributed by atoms with E-state index in [1.54, 1.807) is 30.3 Å². The highest BCUT2D eigenvalue weighted by Crippen LogP contribution is 2.38. The Hall–Kier alpha value is -4.19. The number of amides is 2. The first-order valence-electron chi connectivity index (χ1n) is 12.1. The van der Waals surface area contributed by atoms with Crippen LogP contribution in [0.1, 0.15) is 37.5 Å². The average Bonchev–Trinajstić information content (AvgIpc) is 3.63. The number of tetrazole rings is 1. The van der Waals surface area contributed by atoms with Crippen molar-refractivity contribution in [2.24, 2.45) is 0 Å². The van der Waals surface area contributed by atoms with Crippen LogP contribution < -0.4 is 19.7 Å². The van der Waals surface area contributed by atoms with Gasteiger partial charge in [0.05, 0.1) is 0 Å². The van der Waals surface area contributed by atoms with Crippen molar-refractivity contribution in [3.8, 4) is 23.1 Å². The van der Waals surface area contributed by atoms with Gasteiger partial charge in [0.1, 0.15) is 31.6 Å². The maximum Gasteiger partial charge on any atom is 0.251 e. The molecule has 38 heavy (non-hydrogen) atoms. The summed E-state index contributed by atoms with van der Waals surface area (Å²) < 4.78 is 17.0. The zero-order valence-electron chi connectivity index (χ0n) is 21.5. The van der Waals surface area contributed by atoms with Crippen LogP contribution in [0.5, 0.6) is 11.5 Å². The number of hydrogen-bond donors (Lipinski definition) is 1. The van der Waals surface area contributed by atoms with Crippen LogP contribution in [-0.4, -0.2) is 50.8 Å². The fourth-order valence-electron chi connectivity index (χ4n) is 4.04. The molecule has 3 aromatic heterocycles. The Bertz CT molecular complexity index is 1440. The molecule has 0 radical (unpaired) electrons. The van der Waals surface area contributed by atoms with E-state index in [0.717, 1.165) is 0 Å². The highest BCUT2D eigenvalue weighted by atomic mass is 32.1. The third kappa shape index (κ3) is 5.54. The molecule has 0 fully saturated rings. The molecular weight excluding hydrogens is 508 g/mol. The van der Waals surface area contributed by atoms with Gasteiger partial charge in [0.2, 0.25) is 11.7 Å². The lowest BCUT2D eigenvalue weighted by Crippen LogP contribution is -2.50. The normalized spacial score (nSPS) is 13.7. The van der Waals surface area contributed by atoms with Gasteiger partial charge in [-0.15, -0.1) is 21.5 Å². The quantitative estimate of drug-likeness (QED) is 0.379. The molecule has 4 aromatic rings. The van der Waals surface area contributed by atoms with E-state index < -0.39 is 17.5 Å². The second-order valence-electron chi connectivity index (χ2n) is 9.80. The van der Waals surface area contributed by atoms with Crippen molar-refractivity contribution >= 4 is 28.8 Å². The van der Waals surface area contributed by atoms with Gasteiger partial charge in [-0.25, -0.2) is 0 Å². The maximum atomic E-state index is 14.0. The van der Waals surface area contributed by atoms with Crippen molar-refractivity contribution in [3.63, 3.8) is 0 Å². The Morgan fingerprint density at radius 2 is 1.92 bits per heavy atom. The predicted octanol–water partition coefficient (Wildman–Crippen LogP) is 3.76. The molecule has 11 nitrogen and oxygen atoms in total. The number of carbonyl (C=O) groups excluding carboxylic acids is 2. The molecule has 1 aromatic carbocycles. The summed E-state index contributed by atoms with van der Waals surface area (Å²) in [6.45, 7) is 8.07. The molecule has 12 heteroatoms. The maximum absolute atomic E-state index is 14.0. The molecule has 5 rings (SSSR count). The topological polar surface area (TPSA) is 125 Å². The Balaban J connectivity index is 1.53. The highest BCUT2D eigenvalue weighted by molar-refractivity contribution is 7.10. The molecule has 0 saturated carbocycles. The molecule has 0 unspecified atom stereocenters. The number of ether oxygens (including phenoxy) is 2. The van der Waals surface area contributed by atoms with E-state index >= 15 is 0 Å². The molecule has 1 aliphatic heterocycles. The lowest BCUT2D eigenvalue weighted by atomic mass is 10.1. The van der Waals surface area contributed by atoms with E-state index in [9.17, 15) is 9.59 Å². The first kappa shape index (κ1) is 25.5. The molecule has 1 aliphatic rings. The zero-order chi connectivity index (χ0) is 26.9. The second kappa shape index (κ2) is 10.3. The standard InChI is InChI=1S/C26H28N6O5S/c1-16-7-9-19(37-16)24-28-30-31(29-24)15-22(33)32(17-8-10-18-20(14-17)36-12-11-35-18)23(21-6-5-13-38-21)25(34)27-26(2,3)4/h5-10,13-14,23H,11-12,15H2,1-4H3,(H,27,34)/t23-/m0/s1. The number of fused-ring (bicyclic) bond motifs is 1. The molecule has 0 aliphatic carbocycles. The van der Waals surface area contributed by atoms with Crippen LogP contribution in [0.2, 0.25) is 0 Å². The monoisotopic (exact) mass is 536 g/mol. The predicted molar refractivity (Wildman–Crippen MR) is 140 cm³/mol. The van der Waals surface area contributed by atoms with Crippen LogP contribution in [0.4, 0.5) is 5.69 Å². The van der Waals surface area contributed by atoms with Crippen molar-refractivity contribution in [2.45, 2.75) is 45.8 Å². The fraction of sp³-hybridized carbons (Fsp3) is 0.346. The van der Waals surface area contributed by atoms with E-state index in [4.69, 9.17) is 13.9 Å². The summed E-state index contributed by atoms with van der Waals surface area (Å²) in [5, 5.41) is 17.3. The van der Waals surface area contributed by atoms with Gasteiger partial charge >= 0.3 is 0 Å².